The number of nitrogens with zero attached hydrogens (tertiary/aromatic N) is 4. The number of amidine groups is 1. The molecule has 10 heteroatoms. The molecule has 2 aromatic carbocycles. The van der Waals surface area contributed by atoms with Gasteiger partial charge in [0.1, 0.15) is 17.6 Å². The van der Waals surface area contributed by atoms with Gasteiger partial charge in [0.25, 0.3) is 11.8 Å². The highest BCUT2D eigenvalue weighted by Gasteiger charge is 2.32. The van der Waals surface area contributed by atoms with E-state index in [1.54, 1.807) is 36.5 Å². The second kappa shape index (κ2) is 10.7. The van der Waals surface area contributed by atoms with Crippen LogP contribution in [0.25, 0.3) is 6.08 Å². The van der Waals surface area contributed by atoms with Gasteiger partial charge in [0.15, 0.2) is 0 Å². The Kier molecular flexibility index (Phi) is 6.85. The Morgan fingerprint density at radius 3 is 2.45 bits per heavy atom. The summed E-state index contributed by atoms with van der Waals surface area (Å²) >= 11 is 0. The Balaban J connectivity index is 1.40. The normalized spacial score (nSPS) is 14.8. The molecule has 0 fully saturated rings. The molecule has 10 nitrogen and oxygen atoms in total. The van der Waals surface area contributed by atoms with Gasteiger partial charge in [-0.25, -0.2) is 14.8 Å². The minimum absolute atomic E-state index is 0.0592. The van der Waals surface area contributed by atoms with Gasteiger partial charge in [0, 0.05) is 35.6 Å². The van der Waals surface area contributed by atoms with Gasteiger partial charge in [-0.05, 0) is 42.5 Å². The molecule has 2 amide bonds. The van der Waals surface area contributed by atoms with Crippen molar-refractivity contribution in [3.63, 3.8) is 0 Å². The first-order chi connectivity index (χ1) is 18.5. The Labute approximate surface area is 217 Å². The van der Waals surface area contributed by atoms with Crippen molar-refractivity contribution in [2.75, 3.05) is 4.90 Å². The molecule has 0 radical (unpaired) electrons. The number of amides is 2. The second-order valence-electron chi connectivity index (χ2n) is 8.42. The molecule has 3 N–H and O–H groups in total. The number of carboxylic acids is 1. The molecule has 3 heterocycles. The maximum atomic E-state index is 13.4. The van der Waals surface area contributed by atoms with E-state index in [4.69, 9.17) is 0 Å². The monoisotopic (exact) mass is 506 g/mol. The van der Waals surface area contributed by atoms with Crippen LogP contribution in [-0.4, -0.2) is 49.7 Å². The quantitative estimate of drug-likeness (QED) is 0.314. The van der Waals surface area contributed by atoms with Gasteiger partial charge in [0.05, 0.1) is 17.7 Å². The van der Waals surface area contributed by atoms with Crippen LogP contribution in [-0.2, 0) is 16.0 Å². The van der Waals surface area contributed by atoms with Gasteiger partial charge in [0.2, 0.25) is 0 Å². The van der Waals surface area contributed by atoms with Crippen LogP contribution < -0.4 is 10.2 Å². The van der Waals surface area contributed by atoms with Crippen molar-refractivity contribution in [1.82, 2.24) is 20.3 Å². The Hall–Kier alpha value is -5.38. The summed E-state index contributed by atoms with van der Waals surface area (Å²) in [5, 5.41) is 12.1. The summed E-state index contributed by atoms with van der Waals surface area (Å²) in [6.07, 6.45) is 6.27. The minimum Gasteiger partial charge on any atom is -0.480 e. The molecule has 0 saturated carbocycles. The number of hydrogen-bond acceptors (Lipinski definition) is 6. The first-order valence-electron chi connectivity index (χ1n) is 11.7. The van der Waals surface area contributed by atoms with Gasteiger partial charge in [-0.3, -0.25) is 19.5 Å². The van der Waals surface area contributed by atoms with Crippen molar-refractivity contribution >= 4 is 35.4 Å². The maximum absolute atomic E-state index is 13.4. The van der Waals surface area contributed by atoms with E-state index in [-0.39, 0.29) is 23.6 Å². The lowest BCUT2D eigenvalue weighted by Crippen LogP contribution is -2.42. The minimum atomic E-state index is -1.16. The fraction of sp³-hybridized carbons (Fsp3) is 0.0714. The van der Waals surface area contributed by atoms with Crippen LogP contribution in [0.1, 0.15) is 27.3 Å². The molecule has 0 saturated heterocycles. The summed E-state index contributed by atoms with van der Waals surface area (Å²) in [6.45, 7) is 0. The predicted octanol–water partition coefficient (Wildman–Crippen LogP) is 3.06. The fourth-order valence-electron chi connectivity index (χ4n) is 3.96. The molecular weight excluding hydrogens is 484 g/mol. The molecule has 0 spiro atoms. The van der Waals surface area contributed by atoms with Gasteiger partial charge >= 0.3 is 5.97 Å². The lowest BCUT2D eigenvalue weighted by Gasteiger charge is -2.19. The lowest BCUT2D eigenvalue weighted by atomic mass is 10.1. The van der Waals surface area contributed by atoms with Gasteiger partial charge < -0.3 is 15.4 Å². The van der Waals surface area contributed by atoms with Crippen LogP contribution in [0, 0.1) is 0 Å². The molecule has 1 aliphatic rings. The third-order valence-corrected chi connectivity index (χ3v) is 5.83. The summed E-state index contributed by atoms with van der Waals surface area (Å²) in [7, 11) is 0. The SMILES string of the molecule is O=C(NC(Cc1cnc[nH]1)C(=O)O)c1ccc(N2C(=O)/C(=C/c3ccccn3)N=C2c2ccccc2)cc1. The predicted molar refractivity (Wildman–Crippen MR) is 140 cm³/mol. The largest absolute Gasteiger partial charge is 0.480 e. The van der Waals surface area contributed by atoms with Crippen LogP contribution in [0.4, 0.5) is 5.69 Å². The number of aliphatic imine (C=N–C) groups is 1. The zero-order valence-corrected chi connectivity index (χ0v) is 20.0. The Bertz CT molecular complexity index is 1510. The maximum Gasteiger partial charge on any atom is 0.326 e. The fourth-order valence-corrected chi connectivity index (χ4v) is 3.96. The number of aromatic amines is 1. The summed E-state index contributed by atoms with van der Waals surface area (Å²) in [6, 6.07) is 19.9. The molecule has 0 aliphatic carbocycles. The molecule has 1 atom stereocenters. The van der Waals surface area contributed by atoms with E-state index in [1.807, 2.05) is 36.4 Å². The number of benzene rings is 2. The van der Waals surface area contributed by atoms with E-state index >= 15 is 0 Å². The number of nitrogens with one attached hydrogen (secondary N) is 2. The molecule has 4 aromatic rings. The number of carboxylic acid groups (broad SMARTS) is 1. The first-order valence-corrected chi connectivity index (χ1v) is 11.7. The number of imidazole rings is 1. The van der Waals surface area contributed by atoms with Crippen molar-refractivity contribution < 1.29 is 19.5 Å². The zero-order valence-electron chi connectivity index (χ0n) is 20.0. The van der Waals surface area contributed by atoms with E-state index in [1.165, 1.54) is 29.6 Å². The highest BCUT2D eigenvalue weighted by Crippen LogP contribution is 2.28. The van der Waals surface area contributed by atoms with Crippen LogP contribution in [0.2, 0.25) is 0 Å². The molecule has 188 valence electrons. The molecule has 5 rings (SSSR count). The number of pyridine rings is 1. The van der Waals surface area contributed by atoms with Crippen molar-refractivity contribution in [2.45, 2.75) is 12.5 Å². The number of aromatic nitrogens is 3. The van der Waals surface area contributed by atoms with Crippen molar-refractivity contribution in [3.05, 3.63) is 120 Å². The number of carbonyl (C=O) groups excluding carboxylic acids is 2. The van der Waals surface area contributed by atoms with Crippen molar-refractivity contribution in [1.29, 1.82) is 0 Å². The molecular formula is C28H22N6O4. The van der Waals surface area contributed by atoms with Crippen molar-refractivity contribution in [2.24, 2.45) is 4.99 Å². The Morgan fingerprint density at radius 1 is 1.03 bits per heavy atom. The van der Waals surface area contributed by atoms with Crippen LogP contribution in [0.15, 0.2) is 102 Å². The summed E-state index contributed by atoms with van der Waals surface area (Å²) < 4.78 is 0. The number of H-pyrrole nitrogens is 1. The van der Waals surface area contributed by atoms with E-state index in [0.29, 0.717) is 22.9 Å². The average Bonchev–Trinajstić information content (AvgIpc) is 3.57. The number of anilines is 1. The molecule has 38 heavy (non-hydrogen) atoms. The van der Waals surface area contributed by atoms with E-state index in [2.05, 4.69) is 25.3 Å². The molecule has 1 aliphatic heterocycles. The number of aliphatic carboxylic acids is 1. The topological polar surface area (TPSA) is 141 Å². The van der Waals surface area contributed by atoms with Gasteiger partial charge in [-0.15, -0.1) is 0 Å². The highest BCUT2D eigenvalue weighted by molar-refractivity contribution is 6.33. The molecule has 1 unspecified atom stereocenters. The van der Waals surface area contributed by atoms with Crippen molar-refractivity contribution in [3.8, 4) is 0 Å². The second-order valence-corrected chi connectivity index (χ2v) is 8.42. The lowest BCUT2D eigenvalue weighted by molar-refractivity contribution is -0.139. The summed E-state index contributed by atoms with van der Waals surface area (Å²) in [5.41, 5.74) is 2.92. The number of carbonyl (C=O) groups is 3. The average molecular weight is 507 g/mol. The van der Waals surface area contributed by atoms with E-state index < -0.39 is 17.9 Å². The van der Waals surface area contributed by atoms with Crippen LogP contribution >= 0.6 is 0 Å². The summed E-state index contributed by atoms with van der Waals surface area (Å²) in [5.74, 6) is -1.61. The number of rotatable bonds is 8. The highest BCUT2D eigenvalue weighted by atomic mass is 16.4. The molecule has 2 aromatic heterocycles. The van der Waals surface area contributed by atoms with Gasteiger partial charge in [-0.2, -0.15) is 0 Å². The zero-order chi connectivity index (χ0) is 26.5. The first kappa shape index (κ1) is 24.3. The van der Waals surface area contributed by atoms with E-state index in [9.17, 15) is 19.5 Å². The van der Waals surface area contributed by atoms with E-state index in [0.717, 1.165) is 5.56 Å². The third kappa shape index (κ3) is 5.24. The summed E-state index contributed by atoms with van der Waals surface area (Å²) in [4.78, 5) is 55.0. The smallest absolute Gasteiger partial charge is 0.326 e. The van der Waals surface area contributed by atoms with Crippen LogP contribution in [0.5, 0.6) is 0 Å². The number of hydrogen-bond donors (Lipinski definition) is 3. The van der Waals surface area contributed by atoms with Crippen LogP contribution in [0.3, 0.4) is 0 Å². The standard InChI is InChI=1S/C28H22N6O4/c35-26(33-24(28(37)38)15-21-16-29-17-31-21)19-9-11-22(12-10-19)34-25(18-6-2-1-3-7-18)32-23(27(34)36)14-20-8-4-5-13-30-20/h1-14,16-17,24H,15H2,(H,29,31)(H,33,35)(H,37,38)/b23-14-. The third-order valence-electron chi connectivity index (χ3n) is 5.83. The molecule has 0 bridgehead atoms. The van der Waals surface area contributed by atoms with Gasteiger partial charge in [-0.1, -0.05) is 36.4 Å². The Morgan fingerprint density at radius 2 is 1.79 bits per heavy atom.